The third-order valence-corrected chi connectivity index (χ3v) is 3.88. The Hall–Kier alpha value is -0.628. The van der Waals surface area contributed by atoms with Crippen LogP contribution in [0.2, 0.25) is 25.7 Å². The monoisotopic (exact) mass is 242 g/mol. The number of rotatable bonds is 6. The van der Waals surface area contributed by atoms with Crippen LogP contribution in [0.25, 0.3) is 0 Å². The van der Waals surface area contributed by atoms with Gasteiger partial charge in [-0.25, -0.2) is 4.68 Å². The van der Waals surface area contributed by atoms with Crippen LogP contribution in [0.1, 0.15) is 0 Å². The minimum Gasteiger partial charge on any atom is -0.423 e. The summed E-state index contributed by atoms with van der Waals surface area (Å²) >= 11 is 0. The normalized spacial score (nSPS) is 11.8. The molecule has 0 radical (unpaired) electrons. The number of aromatic nitrogens is 2. The Morgan fingerprint density at radius 1 is 1.44 bits per heavy atom. The van der Waals surface area contributed by atoms with E-state index in [2.05, 4.69) is 24.7 Å². The average molecular weight is 242 g/mol. The van der Waals surface area contributed by atoms with E-state index in [9.17, 15) is 0 Å². The zero-order chi connectivity index (χ0) is 12.2. The Balaban J connectivity index is 2.27. The van der Waals surface area contributed by atoms with Crippen molar-refractivity contribution in [2.45, 2.75) is 32.4 Å². The van der Waals surface area contributed by atoms with Crippen LogP contribution in [-0.2, 0) is 11.5 Å². The van der Waals surface area contributed by atoms with Gasteiger partial charge in [-0.05, 0) is 6.04 Å². The highest BCUT2D eigenvalue weighted by Gasteiger charge is 2.14. The van der Waals surface area contributed by atoms with Gasteiger partial charge in [0.15, 0.2) is 0 Å². The standard InChI is InChI=1S/C9H19BN2O3Si/c1-16(2,3)5-4-15-8-12-7-9(6-11-12)10(13)14/h6-7,13-14H,4-5,8H2,1-3H3. The van der Waals surface area contributed by atoms with Crippen LogP contribution in [-0.4, -0.2) is 41.6 Å². The Bertz CT molecular complexity index is 325. The van der Waals surface area contributed by atoms with Crippen LogP contribution in [0.15, 0.2) is 12.4 Å². The molecule has 2 N–H and O–H groups in total. The number of hydrogen-bond donors (Lipinski definition) is 2. The smallest absolute Gasteiger partial charge is 0.423 e. The predicted molar refractivity (Wildman–Crippen MR) is 66.2 cm³/mol. The highest BCUT2D eigenvalue weighted by atomic mass is 28.3. The van der Waals surface area contributed by atoms with Crippen molar-refractivity contribution in [3.8, 4) is 0 Å². The van der Waals surface area contributed by atoms with Crippen molar-refractivity contribution in [3.63, 3.8) is 0 Å². The first kappa shape index (κ1) is 13.4. The third kappa shape index (κ3) is 4.93. The maximum absolute atomic E-state index is 8.88. The van der Waals surface area contributed by atoms with Crippen molar-refractivity contribution in [2.75, 3.05) is 6.61 Å². The summed E-state index contributed by atoms with van der Waals surface area (Å²) in [5.41, 5.74) is 0.383. The van der Waals surface area contributed by atoms with Crippen molar-refractivity contribution in [1.82, 2.24) is 9.78 Å². The molecule has 90 valence electrons. The van der Waals surface area contributed by atoms with E-state index < -0.39 is 15.2 Å². The lowest BCUT2D eigenvalue weighted by Crippen LogP contribution is -2.28. The minimum absolute atomic E-state index is 0.358. The molecule has 0 saturated carbocycles. The second-order valence-electron chi connectivity index (χ2n) is 5.03. The Labute approximate surface area is 97.2 Å². The van der Waals surface area contributed by atoms with Gasteiger partial charge in [-0.1, -0.05) is 19.6 Å². The van der Waals surface area contributed by atoms with Crippen LogP contribution in [0.4, 0.5) is 0 Å². The fraction of sp³-hybridized carbons (Fsp3) is 0.667. The van der Waals surface area contributed by atoms with Crippen molar-refractivity contribution in [3.05, 3.63) is 12.4 Å². The van der Waals surface area contributed by atoms with Gasteiger partial charge in [0.1, 0.15) is 6.73 Å². The summed E-state index contributed by atoms with van der Waals surface area (Å²) in [6.07, 6.45) is 2.99. The van der Waals surface area contributed by atoms with Crippen LogP contribution in [0.5, 0.6) is 0 Å². The molecule has 1 aromatic rings. The molecule has 0 bridgehead atoms. The molecule has 0 atom stereocenters. The van der Waals surface area contributed by atoms with Gasteiger partial charge in [-0.15, -0.1) is 0 Å². The topological polar surface area (TPSA) is 67.5 Å². The summed E-state index contributed by atoms with van der Waals surface area (Å²) in [6.45, 7) is 7.98. The number of ether oxygens (including phenoxy) is 1. The van der Waals surface area contributed by atoms with Crippen molar-refractivity contribution in [2.24, 2.45) is 0 Å². The molecule has 0 aliphatic rings. The maximum atomic E-state index is 8.88. The molecule has 1 aromatic heterocycles. The quantitative estimate of drug-likeness (QED) is 0.539. The summed E-state index contributed by atoms with van der Waals surface area (Å²) in [4.78, 5) is 0. The summed E-state index contributed by atoms with van der Waals surface area (Å²) in [6, 6.07) is 1.11. The maximum Gasteiger partial charge on any atom is 0.491 e. The van der Waals surface area contributed by atoms with Crippen molar-refractivity contribution in [1.29, 1.82) is 0 Å². The first-order valence-corrected chi connectivity index (χ1v) is 9.05. The van der Waals surface area contributed by atoms with Gasteiger partial charge in [-0.2, -0.15) is 5.10 Å². The van der Waals surface area contributed by atoms with E-state index in [1.807, 2.05) is 0 Å². The van der Waals surface area contributed by atoms with Gasteiger partial charge in [0.25, 0.3) is 0 Å². The fourth-order valence-corrected chi connectivity index (χ4v) is 1.88. The molecule has 0 fully saturated rings. The van der Waals surface area contributed by atoms with E-state index in [-0.39, 0.29) is 0 Å². The van der Waals surface area contributed by atoms with Crippen LogP contribution in [0, 0.1) is 0 Å². The zero-order valence-corrected chi connectivity index (χ0v) is 11.1. The first-order chi connectivity index (χ1) is 7.38. The number of hydrogen-bond acceptors (Lipinski definition) is 4. The molecule has 16 heavy (non-hydrogen) atoms. The zero-order valence-electron chi connectivity index (χ0n) is 10.1. The van der Waals surface area contributed by atoms with Crippen LogP contribution < -0.4 is 5.46 Å². The Morgan fingerprint density at radius 3 is 2.62 bits per heavy atom. The second-order valence-corrected chi connectivity index (χ2v) is 10.7. The van der Waals surface area contributed by atoms with E-state index in [4.69, 9.17) is 14.8 Å². The molecule has 7 heteroatoms. The van der Waals surface area contributed by atoms with E-state index in [0.29, 0.717) is 12.2 Å². The summed E-state index contributed by atoms with van der Waals surface area (Å²) in [5.74, 6) is 0. The summed E-state index contributed by atoms with van der Waals surface area (Å²) in [7, 11) is -2.51. The van der Waals surface area contributed by atoms with E-state index in [1.54, 1.807) is 10.9 Å². The molecule has 0 saturated heterocycles. The molecule has 0 aliphatic carbocycles. The molecule has 0 unspecified atom stereocenters. The van der Waals surface area contributed by atoms with Crippen LogP contribution in [0.3, 0.4) is 0 Å². The summed E-state index contributed by atoms with van der Waals surface area (Å²) < 4.78 is 7.02. The predicted octanol–water partition coefficient (Wildman–Crippen LogP) is -0.125. The van der Waals surface area contributed by atoms with E-state index >= 15 is 0 Å². The minimum atomic E-state index is -1.46. The first-order valence-electron chi connectivity index (χ1n) is 5.35. The van der Waals surface area contributed by atoms with Crippen molar-refractivity contribution < 1.29 is 14.8 Å². The molecular formula is C9H19BN2O3Si. The molecule has 5 nitrogen and oxygen atoms in total. The molecule has 1 rings (SSSR count). The molecular weight excluding hydrogens is 223 g/mol. The fourth-order valence-electron chi connectivity index (χ4n) is 1.12. The Morgan fingerprint density at radius 2 is 2.12 bits per heavy atom. The average Bonchev–Trinajstić information content (AvgIpc) is 2.59. The highest BCUT2D eigenvalue weighted by Crippen LogP contribution is 2.07. The third-order valence-electron chi connectivity index (χ3n) is 2.17. The molecule has 0 spiro atoms. The largest absolute Gasteiger partial charge is 0.491 e. The summed E-state index contributed by atoms with van der Waals surface area (Å²) in [5, 5.41) is 21.7. The lowest BCUT2D eigenvalue weighted by Gasteiger charge is -2.15. The highest BCUT2D eigenvalue weighted by molar-refractivity contribution is 6.76. The van der Waals surface area contributed by atoms with Gasteiger partial charge in [0, 0.05) is 32.5 Å². The Kier molecular flexibility index (Phi) is 4.72. The molecule has 1 heterocycles. The van der Waals surface area contributed by atoms with Gasteiger partial charge in [-0.3, -0.25) is 0 Å². The van der Waals surface area contributed by atoms with Gasteiger partial charge in [0.2, 0.25) is 0 Å². The van der Waals surface area contributed by atoms with E-state index in [0.717, 1.165) is 12.7 Å². The van der Waals surface area contributed by atoms with Gasteiger partial charge < -0.3 is 14.8 Å². The van der Waals surface area contributed by atoms with Gasteiger partial charge in [0.05, 0.1) is 0 Å². The SMILES string of the molecule is C[Si](C)(C)CCOCn1cc(B(O)O)cn1. The molecule has 0 amide bonds. The van der Waals surface area contributed by atoms with E-state index in [1.165, 1.54) is 6.20 Å². The van der Waals surface area contributed by atoms with Crippen LogP contribution >= 0.6 is 0 Å². The van der Waals surface area contributed by atoms with Crippen molar-refractivity contribution >= 4 is 20.7 Å². The van der Waals surface area contributed by atoms with Gasteiger partial charge >= 0.3 is 7.12 Å². The lowest BCUT2D eigenvalue weighted by atomic mass is 9.83. The molecule has 0 aromatic carbocycles. The number of nitrogens with zero attached hydrogens (tertiary/aromatic N) is 2. The lowest BCUT2D eigenvalue weighted by molar-refractivity contribution is 0.0786. The molecule has 0 aliphatic heterocycles. The second kappa shape index (κ2) is 5.63.